The van der Waals surface area contributed by atoms with Crippen LogP contribution in [0.4, 0.5) is 0 Å². The van der Waals surface area contributed by atoms with Crippen molar-refractivity contribution in [1.29, 1.82) is 0 Å². The van der Waals surface area contributed by atoms with Crippen LogP contribution in [0.2, 0.25) is 0 Å². The van der Waals surface area contributed by atoms with Crippen LogP contribution in [-0.2, 0) is 38.9 Å². The molecule has 47 heavy (non-hydrogen) atoms. The topological polar surface area (TPSA) is 82.2 Å². The van der Waals surface area contributed by atoms with E-state index in [1.807, 2.05) is 48.5 Å². The molecule has 2 aliphatic heterocycles. The normalized spacial score (nSPS) is 17.6. The van der Waals surface area contributed by atoms with Crippen molar-refractivity contribution in [3.8, 4) is 23.0 Å². The summed E-state index contributed by atoms with van der Waals surface area (Å²) in [5.74, 6) is 3.11. The van der Waals surface area contributed by atoms with Gasteiger partial charge in [-0.3, -0.25) is 0 Å². The summed E-state index contributed by atoms with van der Waals surface area (Å²) in [7, 11) is 0. The zero-order valence-corrected chi connectivity index (χ0v) is 29.0. The zero-order chi connectivity index (χ0) is 32.1. The standard InChI is InChI=1S/C39H44O7.V/c1-38(2,29-9-17-34(18-10-29)43-23-36-25-45-36)27-5-13-32(14-6-27)41-21-31(40)22-42-33-15-7-28(8-16-33)39(3,4)30-11-19-35(20-12-30)44-24-37-26-46-37;/h5-20,31,36-37,40H,21-26H2,1-4H3;. The Hall–Kier alpha value is -3.46. The summed E-state index contributed by atoms with van der Waals surface area (Å²) in [6.45, 7) is 11.8. The molecule has 8 heteroatoms. The molecule has 2 atom stereocenters. The summed E-state index contributed by atoms with van der Waals surface area (Å²) >= 11 is 0. The first-order valence-electron chi connectivity index (χ1n) is 16.0. The Labute approximate surface area is 290 Å². The Morgan fingerprint density at radius 3 is 1.04 bits per heavy atom. The maximum Gasteiger partial charge on any atom is 0.122 e. The molecule has 0 saturated carbocycles. The number of rotatable bonds is 16. The number of epoxide rings is 2. The van der Waals surface area contributed by atoms with E-state index in [-0.39, 0.29) is 54.8 Å². The number of hydrogen-bond acceptors (Lipinski definition) is 7. The van der Waals surface area contributed by atoms with Crippen molar-refractivity contribution in [2.75, 3.05) is 39.6 Å². The molecule has 4 aromatic carbocycles. The van der Waals surface area contributed by atoms with Crippen LogP contribution in [0.5, 0.6) is 23.0 Å². The second-order valence-corrected chi connectivity index (χ2v) is 13.2. The van der Waals surface area contributed by atoms with Gasteiger partial charge in [-0.15, -0.1) is 0 Å². The molecule has 0 aromatic heterocycles. The van der Waals surface area contributed by atoms with Gasteiger partial charge in [0, 0.05) is 29.4 Å². The van der Waals surface area contributed by atoms with Gasteiger partial charge in [-0.25, -0.2) is 0 Å². The Morgan fingerprint density at radius 1 is 0.532 bits per heavy atom. The Bertz CT molecular complexity index is 1420. The van der Waals surface area contributed by atoms with Crippen molar-refractivity contribution in [2.45, 2.75) is 56.8 Å². The molecule has 2 aliphatic rings. The smallest absolute Gasteiger partial charge is 0.122 e. The maximum atomic E-state index is 10.5. The molecular formula is C39H44O7V. The fourth-order valence-electron chi connectivity index (χ4n) is 5.34. The number of ether oxygens (including phenoxy) is 6. The minimum Gasteiger partial charge on any atom is -0.491 e. The van der Waals surface area contributed by atoms with Crippen LogP contribution in [0.3, 0.4) is 0 Å². The molecule has 247 valence electrons. The van der Waals surface area contributed by atoms with Crippen LogP contribution in [0.15, 0.2) is 97.1 Å². The van der Waals surface area contributed by atoms with Crippen molar-refractivity contribution >= 4 is 0 Å². The van der Waals surface area contributed by atoms with Gasteiger partial charge in [-0.05, 0) is 70.8 Å². The van der Waals surface area contributed by atoms with Crippen molar-refractivity contribution in [3.05, 3.63) is 119 Å². The number of hydrogen-bond donors (Lipinski definition) is 1. The van der Waals surface area contributed by atoms with Gasteiger partial charge in [-0.2, -0.15) is 0 Å². The molecule has 2 fully saturated rings. The SMILES string of the molecule is CC(C)(c1ccc(OCC(O)COc2ccc(C(C)(C)c3ccc(OCC4CO4)cc3)cc2)cc1)c1ccc(OCC2CO2)cc1.[V]. The van der Waals surface area contributed by atoms with Crippen LogP contribution < -0.4 is 18.9 Å². The molecule has 2 saturated heterocycles. The van der Waals surface area contributed by atoms with Crippen molar-refractivity contribution < 1.29 is 52.1 Å². The first-order chi connectivity index (χ1) is 22.2. The molecule has 2 heterocycles. The Kier molecular flexibility index (Phi) is 11.3. The number of aliphatic hydroxyl groups is 1. The molecule has 0 bridgehead atoms. The average Bonchev–Trinajstić information content (AvgIpc) is 4.01. The molecule has 2 unspecified atom stereocenters. The van der Waals surface area contributed by atoms with Gasteiger partial charge in [-0.1, -0.05) is 76.2 Å². The first-order valence-corrected chi connectivity index (χ1v) is 16.0. The molecule has 7 nitrogen and oxygen atoms in total. The molecule has 6 rings (SSSR count). The summed E-state index contributed by atoms with van der Waals surface area (Å²) in [6.07, 6.45) is -0.289. The predicted octanol–water partition coefficient (Wildman–Crippen LogP) is 6.71. The summed E-state index contributed by atoms with van der Waals surface area (Å²) in [6, 6.07) is 32.6. The fraction of sp³-hybridized carbons (Fsp3) is 0.385. The van der Waals surface area contributed by atoms with E-state index in [0.29, 0.717) is 24.7 Å². The van der Waals surface area contributed by atoms with E-state index in [4.69, 9.17) is 28.4 Å². The van der Waals surface area contributed by atoms with Gasteiger partial charge in [0.1, 0.15) is 67.7 Å². The Balaban J connectivity index is 0.00000433. The van der Waals surface area contributed by atoms with Gasteiger partial charge < -0.3 is 33.5 Å². The zero-order valence-electron chi connectivity index (χ0n) is 27.6. The van der Waals surface area contributed by atoms with Crippen LogP contribution in [0.25, 0.3) is 0 Å². The predicted molar refractivity (Wildman–Crippen MR) is 177 cm³/mol. The van der Waals surface area contributed by atoms with E-state index >= 15 is 0 Å². The largest absolute Gasteiger partial charge is 0.491 e. The van der Waals surface area contributed by atoms with E-state index in [1.54, 1.807) is 0 Å². The number of benzene rings is 4. The van der Waals surface area contributed by atoms with E-state index in [0.717, 1.165) is 24.7 Å². The second-order valence-electron chi connectivity index (χ2n) is 13.2. The van der Waals surface area contributed by atoms with E-state index in [2.05, 4.69) is 76.2 Å². The van der Waals surface area contributed by atoms with E-state index in [9.17, 15) is 5.11 Å². The molecule has 4 aromatic rings. The van der Waals surface area contributed by atoms with Gasteiger partial charge in [0.2, 0.25) is 0 Å². The van der Waals surface area contributed by atoms with Gasteiger partial charge in [0.15, 0.2) is 0 Å². The molecule has 0 amide bonds. The third-order valence-electron chi connectivity index (χ3n) is 8.87. The minimum absolute atomic E-state index is 0. The molecule has 0 aliphatic carbocycles. The monoisotopic (exact) mass is 675 g/mol. The summed E-state index contributed by atoms with van der Waals surface area (Å²) in [5.41, 5.74) is 4.33. The Morgan fingerprint density at radius 2 is 0.787 bits per heavy atom. The number of aliphatic hydroxyl groups excluding tert-OH is 1. The van der Waals surface area contributed by atoms with Crippen LogP contribution in [0.1, 0.15) is 49.9 Å². The van der Waals surface area contributed by atoms with E-state index in [1.165, 1.54) is 22.3 Å². The van der Waals surface area contributed by atoms with Crippen molar-refractivity contribution in [1.82, 2.24) is 0 Å². The summed E-state index contributed by atoms with van der Waals surface area (Å²) in [4.78, 5) is 0. The average molecular weight is 676 g/mol. The quantitative estimate of drug-likeness (QED) is 0.132. The molecule has 1 N–H and O–H groups in total. The minimum atomic E-state index is -0.772. The van der Waals surface area contributed by atoms with Crippen LogP contribution >= 0.6 is 0 Å². The summed E-state index contributed by atoms with van der Waals surface area (Å²) in [5, 5.41) is 10.5. The fourth-order valence-corrected chi connectivity index (χ4v) is 5.34. The summed E-state index contributed by atoms with van der Waals surface area (Å²) < 4.78 is 33.7. The van der Waals surface area contributed by atoms with Crippen molar-refractivity contribution in [2.24, 2.45) is 0 Å². The maximum absolute atomic E-state index is 10.5. The van der Waals surface area contributed by atoms with Crippen molar-refractivity contribution in [3.63, 3.8) is 0 Å². The van der Waals surface area contributed by atoms with Gasteiger partial charge in [0.05, 0.1) is 13.2 Å². The molecule has 0 spiro atoms. The van der Waals surface area contributed by atoms with Gasteiger partial charge in [0.25, 0.3) is 0 Å². The van der Waals surface area contributed by atoms with Crippen LogP contribution in [0, 0.1) is 0 Å². The molecule has 1 radical (unpaired) electrons. The second kappa shape index (κ2) is 15.2. The van der Waals surface area contributed by atoms with Gasteiger partial charge >= 0.3 is 0 Å². The van der Waals surface area contributed by atoms with E-state index < -0.39 is 6.10 Å². The third kappa shape index (κ3) is 9.34. The van der Waals surface area contributed by atoms with Crippen LogP contribution in [-0.4, -0.2) is 63.1 Å². The first kappa shape index (κ1) is 34.9. The molecular weight excluding hydrogens is 631 g/mol. The third-order valence-corrected chi connectivity index (χ3v) is 8.87.